The van der Waals surface area contributed by atoms with E-state index in [0.717, 1.165) is 35.4 Å². The van der Waals surface area contributed by atoms with Crippen LogP contribution in [0.15, 0.2) is 84.9 Å². The normalized spacial score (nSPS) is 12.0. The second kappa shape index (κ2) is 10.7. The predicted molar refractivity (Wildman–Crippen MR) is 115 cm³/mol. The molecule has 0 aliphatic heterocycles. The van der Waals surface area contributed by atoms with Crippen molar-refractivity contribution in [1.29, 1.82) is 0 Å². The number of hydrogen-bond acceptors (Lipinski definition) is 4. The van der Waals surface area contributed by atoms with E-state index >= 15 is 0 Å². The van der Waals surface area contributed by atoms with Gasteiger partial charge in [0, 0.05) is 13.1 Å². The van der Waals surface area contributed by atoms with Crippen LogP contribution in [-0.2, 0) is 22.6 Å². The maximum atomic E-state index is 13.1. The molecule has 172 valence electrons. The van der Waals surface area contributed by atoms with E-state index < -0.39 is 30.1 Å². The van der Waals surface area contributed by atoms with Gasteiger partial charge in [-0.3, -0.25) is 4.79 Å². The van der Waals surface area contributed by atoms with Crippen molar-refractivity contribution in [3.05, 3.63) is 102 Å². The largest absolute Gasteiger partial charge is 0.573 e. The Morgan fingerprint density at radius 3 is 1.76 bits per heavy atom. The van der Waals surface area contributed by atoms with E-state index in [1.165, 1.54) is 6.92 Å². The number of rotatable bonds is 8. The maximum absolute atomic E-state index is 13.1. The fourth-order valence-corrected chi connectivity index (χ4v) is 3.15. The van der Waals surface area contributed by atoms with Gasteiger partial charge in [-0.25, -0.2) is 4.79 Å². The first-order chi connectivity index (χ1) is 15.7. The number of benzene rings is 3. The molecule has 0 radical (unpaired) electrons. The van der Waals surface area contributed by atoms with Crippen LogP contribution in [0.4, 0.5) is 13.2 Å². The molecular formula is C25H22F3NO4. The van der Waals surface area contributed by atoms with Gasteiger partial charge in [-0.2, -0.15) is 0 Å². The highest BCUT2D eigenvalue weighted by Crippen LogP contribution is 2.23. The minimum absolute atomic E-state index is 0.00171. The lowest BCUT2D eigenvalue weighted by Gasteiger charge is -2.26. The van der Waals surface area contributed by atoms with Gasteiger partial charge in [0.2, 0.25) is 0 Å². The lowest BCUT2D eigenvalue weighted by Crippen LogP contribution is -2.39. The molecule has 1 unspecified atom stereocenters. The van der Waals surface area contributed by atoms with Gasteiger partial charge in [-0.05, 0) is 42.3 Å². The third-order valence-corrected chi connectivity index (χ3v) is 4.70. The zero-order chi connectivity index (χ0) is 23.8. The van der Waals surface area contributed by atoms with Crippen molar-refractivity contribution < 1.29 is 32.2 Å². The van der Waals surface area contributed by atoms with E-state index in [1.807, 2.05) is 60.7 Å². The quantitative estimate of drug-likeness (QED) is 0.428. The molecule has 0 saturated heterocycles. The highest BCUT2D eigenvalue weighted by molar-refractivity contribution is 5.92. The summed E-state index contributed by atoms with van der Waals surface area (Å²) in [5.41, 5.74) is 1.84. The summed E-state index contributed by atoms with van der Waals surface area (Å²) in [7, 11) is 0. The molecule has 33 heavy (non-hydrogen) atoms. The number of esters is 1. The van der Waals surface area contributed by atoms with Gasteiger partial charge >= 0.3 is 12.3 Å². The third-order valence-electron chi connectivity index (χ3n) is 4.70. The number of halogens is 3. The van der Waals surface area contributed by atoms with E-state index in [0.29, 0.717) is 13.1 Å². The van der Waals surface area contributed by atoms with Crippen LogP contribution in [-0.4, -0.2) is 29.2 Å². The van der Waals surface area contributed by atoms with E-state index in [-0.39, 0.29) is 5.56 Å². The van der Waals surface area contributed by atoms with Crippen LogP contribution in [0, 0.1) is 0 Å². The summed E-state index contributed by atoms with van der Waals surface area (Å²) in [6, 6.07) is 23.1. The molecule has 0 aliphatic carbocycles. The molecule has 0 bridgehead atoms. The summed E-state index contributed by atoms with van der Waals surface area (Å²) in [6.07, 6.45) is -5.93. The van der Waals surface area contributed by atoms with Gasteiger partial charge in [0.15, 0.2) is 6.10 Å². The summed E-state index contributed by atoms with van der Waals surface area (Å²) < 4.78 is 46.0. The van der Waals surface area contributed by atoms with Crippen molar-refractivity contribution in [2.75, 3.05) is 0 Å². The molecule has 3 rings (SSSR count). The molecule has 0 spiro atoms. The van der Waals surface area contributed by atoms with Crippen molar-refractivity contribution in [1.82, 2.24) is 4.90 Å². The van der Waals surface area contributed by atoms with Crippen LogP contribution in [0.2, 0.25) is 0 Å². The molecular weight excluding hydrogens is 435 g/mol. The number of hydrogen-bond donors (Lipinski definition) is 0. The summed E-state index contributed by atoms with van der Waals surface area (Å²) in [6.45, 7) is 2.10. The second-order valence-electron chi connectivity index (χ2n) is 7.29. The van der Waals surface area contributed by atoms with Gasteiger partial charge in [0.05, 0.1) is 5.56 Å². The predicted octanol–water partition coefficient (Wildman–Crippen LogP) is 5.36. The average molecular weight is 457 g/mol. The molecule has 0 fully saturated rings. The van der Waals surface area contributed by atoms with Crippen LogP contribution in [0.5, 0.6) is 5.75 Å². The Kier molecular flexibility index (Phi) is 7.71. The minimum Gasteiger partial charge on any atom is -0.449 e. The van der Waals surface area contributed by atoms with Gasteiger partial charge in [0.1, 0.15) is 5.75 Å². The maximum Gasteiger partial charge on any atom is 0.573 e. The van der Waals surface area contributed by atoms with Crippen LogP contribution in [0.25, 0.3) is 0 Å². The molecule has 0 aliphatic rings. The third kappa shape index (κ3) is 7.38. The van der Waals surface area contributed by atoms with Crippen molar-refractivity contribution in [2.24, 2.45) is 0 Å². The summed E-state index contributed by atoms with van der Waals surface area (Å²) >= 11 is 0. The number of amides is 1. The van der Waals surface area contributed by atoms with Crippen LogP contribution < -0.4 is 4.74 Å². The van der Waals surface area contributed by atoms with Crippen LogP contribution >= 0.6 is 0 Å². The molecule has 0 aromatic heterocycles. The fourth-order valence-electron chi connectivity index (χ4n) is 3.15. The second-order valence-corrected chi connectivity index (χ2v) is 7.29. The number of carbonyl (C=O) groups is 2. The summed E-state index contributed by atoms with van der Waals surface area (Å²) in [5, 5.41) is 0. The molecule has 1 atom stereocenters. The average Bonchev–Trinajstić information content (AvgIpc) is 2.79. The van der Waals surface area contributed by atoms with Crippen LogP contribution in [0.3, 0.4) is 0 Å². The van der Waals surface area contributed by atoms with Crippen molar-refractivity contribution in [3.63, 3.8) is 0 Å². The topological polar surface area (TPSA) is 55.8 Å². The van der Waals surface area contributed by atoms with Gasteiger partial charge in [0.25, 0.3) is 5.91 Å². The first kappa shape index (κ1) is 23.8. The summed E-state index contributed by atoms with van der Waals surface area (Å²) in [4.78, 5) is 27.2. The summed E-state index contributed by atoms with van der Waals surface area (Å²) in [5.74, 6) is -1.68. The number of ether oxygens (including phenoxy) is 2. The molecule has 3 aromatic carbocycles. The Bertz CT molecular complexity index is 1010. The Hall–Kier alpha value is -3.81. The monoisotopic (exact) mass is 457 g/mol. The molecule has 8 heteroatoms. The standard InChI is InChI=1S/C25H22F3NO4/c1-18(32-24(31)21-12-14-22(15-13-21)33-25(26,27)28)23(30)29(16-19-8-4-2-5-9-19)17-20-10-6-3-7-11-20/h2-15,18H,16-17H2,1H3. The lowest BCUT2D eigenvalue weighted by molar-refractivity contribution is -0.274. The smallest absolute Gasteiger partial charge is 0.449 e. The first-order valence-electron chi connectivity index (χ1n) is 10.1. The molecule has 0 saturated carbocycles. The highest BCUT2D eigenvalue weighted by Gasteiger charge is 2.31. The minimum atomic E-state index is -4.83. The van der Waals surface area contributed by atoms with Gasteiger partial charge in [-0.1, -0.05) is 60.7 Å². The number of carbonyl (C=O) groups excluding carboxylic acids is 2. The zero-order valence-electron chi connectivity index (χ0n) is 17.8. The molecule has 0 N–H and O–H groups in total. The van der Waals surface area contributed by atoms with E-state index in [4.69, 9.17) is 4.74 Å². The lowest BCUT2D eigenvalue weighted by atomic mass is 10.1. The number of alkyl halides is 3. The van der Waals surface area contributed by atoms with Crippen molar-refractivity contribution >= 4 is 11.9 Å². The van der Waals surface area contributed by atoms with E-state index in [2.05, 4.69) is 4.74 Å². The molecule has 3 aromatic rings. The first-order valence-corrected chi connectivity index (χ1v) is 10.1. The SMILES string of the molecule is CC(OC(=O)c1ccc(OC(F)(F)F)cc1)C(=O)N(Cc1ccccc1)Cc1ccccc1. The van der Waals surface area contributed by atoms with E-state index in [9.17, 15) is 22.8 Å². The number of nitrogens with zero attached hydrogens (tertiary/aromatic N) is 1. The van der Waals surface area contributed by atoms with Crippen LogP contribution in [0.1, 0.15) is 28.4 Å². The fraction of sp³-hybridized carbons (Fsp3) is 0.200. The molecule has 1 amide bonds. The van der Waals surface area contributed by atoms with Crippen molar-refractivity contribution in [3.8, 4) is 5.75 Å². The zero-order valence-corrected chi connectivity index (χ0v) is 17.8. The molecule has 5 nitrogen and oxygen atoms in total. The Labute approximate surface area is 189 Å². The van der Waals surface area contributed by atoms with Gasteiger partial charge in [-0.15, -0.1) is 13.2 Å². The van der Waals surface area contributed by atoms with Crippen molar-refractivity contribution in [2.45, 2.75) is 32.5 Å². The van der Waals surface area contributed by atoms with Gasteiger partial charge < -0.3 is 14.4 Å². The van der Waals surface area contributed by atoms with E-state index in [1.54, 1.807) is 4.90 Å². The molecule has 0 heterocycles. The Morgan fingerprint density at radius 1 is 0.818 bits per heavy atom. The Morgan fingerprint density at radius 2 is 1.30 bits per heavy atom. The highest BCUT2D eigenvalue weighted by atomic mass is 19.4. The Balaban J connectivity index is 1.69.